The average molecular weight is 412 g/mol. The number of hydrogen-bond acceptors (Lipinski definition) is 6. The highest BCUT2D eigenvalue weighted by molar-refractivity contribution is 7.86. The predicted molar refractivity (Wildman–Crippen MR) is 95.6 cm³/mol. The number of carbonyl (C=O) groups is 2. The molecule has 0 unspecified atom stereocenters. The summed E-state index contributed by atoms with van der Waals surface area (Å²) in [6.45, 7) is 6.54. The lowest BCUT2D eigenvalue weighted by molar-refractivity contribution is -0.127. The van der Waals surface area contributed by atoms with Crippen molar-refractivity contribution in [2.75, 3.05) is 37.7 Å². The molecule has 0 radical (unpaired) electrons. The Morgan fingerprint density at radius 2 is 1.04 bits per heavy atom. The molecule has 2 amide bonds. The number of hydrogen-bond donors (Lipinski definition) is 2. The molecule has 0 aliphatic carbocycles. The van der Waals surface area contributed by atoms with Gasteiger partial charge in [-0.2, -0.15) is 16.8 Å². The van der Waals surface area contributed by atoms with Gasteiger partial charge in [-0.3, -0.25) is 18.7 Å². The van der Waals surface area contributed by atoms with Crippen LogP contribution in [0.15, 0.2) is 25.3 Å². The van der Waals surface area contributed by atoms with Crippen LogP contribution in [0.3, 0.4) is 0 Å². The van der Waals surface area contributed by atoms with Gasteiger partial charge in [0.25, 0.3) is 20.2 Å². The molecule has 0 bridgehead atoms. The summed E-state index contributed by atoms with van der Waals surface area (Å²) in [6.07, 6.45) is 2.81. The van der Waals surface area contributed by atoms with Gasteiger partial charge in [0.2, 0.25) is 11.8 Å². The van der Waals surface area contributed by atoms with E-state index in [1.165, 1.54) is 9.80 Å². The minimum absolute atomic E-state index is 0.161. The monoisotopic (exact) mass is 412 g/mol. The fourth-order valence-electron chi connectivity index (χ4n) is 1.98. The topological polar surface area (TPSA) is 149 Å². The molecule has 10 nitrogen and oxygen atoms in total. The van der Waals surface area contributed by atoms with Crippen LogP contribution in [0.5, 0.6) is 0 Å². The van der Waals surface area contributed by atoms with Gasteiger partial charge in [-0.25, -0.2) is 0 Å². The Hall–Kier alpha value is -1.76. The number of carbonyl (C=O) groups excluding carboxylic acids is 2. The van der Waals surface area contributed by atoms with E-state index in [0.717, 1.165) is 12.2 Å². The smallest absolute Gasteiger partial charge is 0.266 e. The van der Waals surface area contributed by atoms with Crippen LogP contribution in [-0.4, -0.2) is 85.2 Å². The zero-order chi connectivity index (χ0) is 20.4. The maximum atomic E-state index is 11.7. The molecular weight excluding hydrogens is 388 g/mol. The first-order chi connectivity index (χ1) is 11.9. The van der Waals surface area contributed by atoms with Crippen LogP contribution >= 0.6 is 0 Å². The Morgan fingerprint density at radius 3 is 1.27 bits per heavy atom. The standard InChI is InChI=1S/C14H24N2O8S2/c1-3-13(17)15(9-11-25(19,20)21)7-5-6-8-16(14(18)4-2)10-12-26(22,23)24/h3-4H,1-2,5-12H2,(H,19,20,21)(H,22,23,24). The molecule has 0 aliphatic heterocycles. The third-order valence-corrected chi connectivity index (χ3v) is 4.71. The van der Waals surface area contributed by atoms with Crippen molar-refractivity contribution >= 4 is 32.1 Å². The largest absolute Gasteiger partial charge is 0.338 e. The Balaban J connectivity index is 4.60. The van der Waals surface area contributed by atoms with Crippen molar-refractivity contribution in [3.8, 4) is 0 Å². The van der Waals surface area contributed by atoms with Crippen LogP contribution < -0.4 is 0 Å². The summed E-state index contributed by atoms with van der Waals surface area (Å²) >= 11 is 0. The summed E-state index contributed by atoms with van der Waals surface area (Å²) in [6, 6.07) is 0. The molecule has 0 saturated heterocycles. The molecule has 0 saturated carbocycles. The highest BCUT2D eigenvalue weighted by atomic mass is 32.2. The van der Waals surface area contributed by atoms with Crippen LogP contribution in [-0.2, 0) is 29.8 Å². The molecule has 0 heterocycles. The van der Waals surface area contributed by atoms with Crippen LogP contribution in [0.4, 0.5) is 0 Å². The van der Waals surface area contributed by atoms with Crippen molar-refractivity contribution in [2.45, 2.75) is 12.8 Å². The minimum Gasteiger partial charge on any atom is -0.338 e. The Bertz CT molecular complexity index is 653. The van der Waals surface area contributed by atoms with Gasteiger partial charge >= 0.3 is 0 Å². The summed E-state index contributed by atoms with van der Waals surface area (Å²) < 4.78 is 60.7. The highest BCUT2D eigenvalue weighted by Gasteiger charge is 2.16. The molecule has 0 aromatic heterocycles. The van der Waals surface area contributed by atoms with Crippen molar-refractivity contribution in [3.05, 3.63) is 25.3 Å². The molecule has 0 atom stereocenters. The van der Waals surface area contributed by atoms with E-state index in [2.05, 4.69) is 13.2 Å². The lowest BCUT2D eigenvalue weighted by Gasteiger charge is -2.23. The van der Waals surface area contributed by atoms with Gasteiger partial charge in [0.1, 0.15) is 0 Å². The van der Waals surface area contributed by atoms with Crippen LogP contribution in [0.25, 0.3) is 0 Å². The average Bonchev–Trinajstić information content (AvgIpc) is 2.53. The zero-order valence-corrected chi connectivity index (χ0v) is 15.9. The summed E-state index contributed by atoms with van der Waals surface area (Å²) in [5.41, 5.74) is 0. The molecule has 0 rings (SSSR count). The lowest BCUT2D eigenvalue weighted by atomic mass is 10.2. The molecule has 0 aromatic rings. The van der Waals surface area contributed by atoms with Gasteiger partial charge in [0.05, 0.1) is 11.5 Å². The van der Waals surface area contributed by atoms with Gasteiger partial charge in [-0.05, 0) is 25.0 Å². The molecule has 0 aliphatic rings. The predicted octanol–water partition coefficient (Wildman–Crippen LogP) is -0.429. The van der Waals surface area contributed by atoms with Crippen LogP contribution in [0.2, 0.25) is 0 Å². The van der Waals surface area contributed by atoms with E-state index >= 15 is 0 Å². The maximum Gasteiger partial charge on any atom is 0.266 e. The third kappa shape index (κ3) is 11.7. The molecule has 12 heteroatoms. The fraction of sp³-hybridized carbons (Fsp3) is 0.571. The van der Waals surface area contributed by atoms with E-state index in [0.29, 0.717) is 12.8 Å². The summed E-state index contributed by atoms with van der Waals surface area (Å²) in [5, 5.41) is 0. The molecular formula is C14H24N2O8S2. The molecule has 0 spiro atoms. The van der Waals surface area contributed by atoms with Crippen LogP contribution in [0.1, 0.15) is 12.8 Å². The van der Waals surface area contributed by atoms with E-state index in [1.807, 2.05) is 0 Å². The molecule has 2 N–H and O–H groups in total. The van der Waals surface area contributed by atoms with Gasteiger partial charge in [0.15, 0.2) is 0 Å². The van der Waals surface area contributed by atoms with Gasteiger partial charge in [-0.1, -0.05) is 13.2 Å². The van der Waals surface area contributed by atoms with E-state index in [1.54, 1.807) is 0 Å². The van der Waals surface area contributed by atoms with E-state index in [4.69, 9.17) is 9.11 Å². The third-order valence-electron chi connectivity index (χ3n) is 3.32. The van der Waals surface area contributed by atoms with Gasteiger partial charge in [0, 0.05) is 26.2 Å². The Kier molecular flexibility index (Phi) is 10.3. The van der Waals surface area contributed by atoms with Gasteiger partial charge < -0.3 is 9.80 Å². The zero-order valence-electron chi connectivity index (χ0n) is 14.3. The summed E-state index contributed by atoms with van der Waals surface area (Å²) in [4.78, 5) is 25.8. The SMILES string of the molecule is C=CC(=O)N(CCCCN(CCS(=O)(=O)O)C(=O)C=C)CCS(=O)(=O)O. The Morgan fingerprint density at radius 1 is 0.731 bits per heavy atom. The first kappa shape index (κ1) is 24.2. The molecule has 150 valence electrons. The second kappa shape index (κ2) is 11.1. The first-order valence-electron chi connectivity index (χ1n) is 7.62. The normalized spacial score (nSPS) is 11.6. The second-order valence-corrected chi connectivity index (χ2v) is 8.48. The number of amides is 2. The van der Waals surface area contributed by atoms with Crippen molar-refractivity contribution in [1.82, 2.24) is 9.80 Å². The van der Waals surface area contributed by atoms with E-state index < -0.39 is 43.6 Å². The summed E-state index contributed by atoms with van der Waals surface area (Å²) in [7, 11) is -8.43. The number of rotatable bonds is 13. The van der Waals surface area contributed by atoms with E-state index in [-0.39, 0.29) is 26.2 Å². The van der Waals surface area contributed by atoms with Gasteiger partial charge in [-0.15, -0.1) is 0 Å². The van der Waals surface area contributed by atoms with Crippen molar-refractivity contribution in [3.63, 3.8) is 0 Å². The summed E-state index contributed by atoms with van der Waals surface area (Å²) in [5.74, 6) is -2.22. The van der Waals surface area contributed by atoms with Crippen LogP contribution in [0, 0.1) is 0 Å². The molecule has 0 aromatic carbocycles. The molecule has 0 fully saturated rings. The van der Waals surface area contributed by atoms with E-state index in [9.17, 15) is 26.4 Å². The van der Waals surface area contributed by atoms with Crippen molar-refractivity contribution in [1.29, 1.82) is 0 Å². The number of nitrogens with zero attached hydrogens (tertiary/aromatic N) is 2. The molecule has 26 heavy (non-hydrogen) atoms. The second-order valence-electron chi connectivity index (χ2n) is 5.34. The lowest BCUT2D eigenvalue weighted by Crippen LogP contribution is -2.36. The van der Waals surface area contributed by atoms with Crippen molar-refractivity contribution in [2.24, 2.45) is 0 Å². The quantitative estimate of drug-likeness (QED) is 0.235. The highest BCUT2D eigenvalue weighted by Crippen LogP contribution is 2.02. The first-order valence-corrected chi connectivity index (χ1v) is 10.8. The maximum absolute atomic E-state index is 11.7. The minimum atomic E-state index is -4.21. The fourth-order valence-corrected chi connectivity index (χ4v) is 2.88. The number of unbranched alkanes of at least 4 members (excludes halogenated alkanes) is 1. The van der Waals surface area contributed by atoms with Crippen molar-refractivity contribution < 1.29 is 35.5 Å². The Labute approximate surface area is 153 Å².